The predicted molar refractivity (Wildman–Crippen MR) is 113 cm³/mol. The van der Waals surface area contributed by atoms with Gasteiger partial charge in [-0.3, -0.25) is 4.90 Å². The number of fused-ring (bicyclic) bond motifs is 2. The minimum Gasteiger partial charge on any atom is -0.461 e. The van der Waals surface area contributed by atoms with E-state index in [1.165, 1.54) is 12.8 Å². The molecule has 29 heavy (non-hydrogen) atoms. The number of rotatable bonds is 4. The topological polar surface area (TPSA) is 50.7 Å². The highest BCUT2D eigenvalue weighted by atomic mass is 79.9. The molecule has 0 radical (unpaired) electrons. The van der Waals surface area contributed by atoms with Gasteiger partial charge >= 0.3 is 6.01 Å². The Labute approximate surface area is 178 Å². The van der Waals surface area contributed by atoms with E-state index in [4.69, 9.17) is 14.5 Å². The van der Waals surface area contributed by atoms with Crippen molar-refractivity contribution in [2.45, 2.75) is 37.6 Å². The first-order chi connectivity index (χ1) is 14.2. The van der Waals surface area contributed by atoms with Crippen LogP contribution >= 0.6 is 15.9 Å². The lowest BCUT2D eigenvalue weighted by Crippen LogP contribution is -2.43. The summed E-state index contributed by atoms with van der Waals surface area (Å²) < 4.78 is 27.1. The molecule has 6 nitrogen and oxygen atoms in total. The summed E-state index contributed by atoms with van der Waals surface area (Å²) in [7, 11) is 0. The van der Waals surface area contributed by atoms with Gasteiger partial charge in [-0.05, 0) is 73.3 Å². The first kappa shape index (κ1) is 19.5. The Kier molecular flexibility index (Phi) is 5.34. The summed E-state index contributed by atoms with van der Waals surface area (Å²) in [4.78, 5) is 13.9. The summed E-state index contributed by atoms with van der Waals surface area (Å²) in [6.45, 7) is 5.77. The van der Waals surface area contributed by atoms with Gasteiger partial charge in [0.2, 0.25) is 0 Å². The number of hydrogen-bond acceptors (Lipinski definition) is 6. The van der Waals surface area contributed by atoms with E-state index >= 15 is 0 Å². The standard InChI is InChI=1S/C21H26BrFN4O2/c22-16-5-4-15-18(17(16)23)24-20(25-19(15)26-8-3-12-28-13-11-26)29-14-21-6-1-9-27(21)10-2-7-21/h4-5H,1-3,6-14H2. The van der Waals surface area contributed by atoms with E-state index in [0.29, 0.717) is 28.6 Å². The summed E-state index contributed by atoms with van der Waals surface area (Å²) in [5.74, 6) is 0.359. The number of aromatic nitrogens is 2. The largest absolute Gasteiger partial charge is 0.461 e. The molecule has 5 rings (SSSR count). The lowest BCUT2D eigenvalue weighted by atomic mass is 9.95. The molecule has 0 bridgehead atoms. The van der Waals surface area contributed by atoms with Crippen LogP contribution < -0.4 is 9.64 Å². The molecule has 3 aliphatic rings. The van der Waals surface area contributed by atoms with Gasteiger partial charge in [0.05, 0.1) is 16.6 Å². The fourth-order valence-electron chi connectivity index (χ4n) is 5.02. The second kappa shape index (κ2) is 7.96. The molecule has 3 saturated heterocycles. The van der Waals surface area contributed by atoms with Gasteiger partial charge < -0.3 is 14.4 Å². The van der Waals surface area contributed by atoms with Crippen LogP contribution in [-0.4, -0.2) is 66.4 Å². The number of ether oxygens (including phenoxy) is 2. The van der Waals surface area contributed by atoms with E-state index in [2.05, 4.69) is 30.7 Å². The van der Waals surface area contributed by atoms with Crippen molar-refractivity contribution in [1.29, 1.82) is 0 Å². The van der Waals surface area contributed by atoms with Crippen molar-refractivity contribution >= 4 is 32.7 Å². The minimum absolute atomic E-state index is 0.102. The Balaban J connectivity index is 1.50. The van der Waals surface area contributed by atoms with Crippen LogP contribution in [0.2, 0.25) is 0 Å². The van der Waals surface area contributed by atoms with Crippen LogP contribution in [0.3, 0.4) is 0 Å². The van der Waals surface area contributed by atoms with Gasteiger partial charge in [0, 0.05) is 25.1 Å². The van der Waals surface area contributed by atoms with Crippen molar-refractivity contribution < 1.29 is 13.9 Å². The van der Waals surface area contributed by atoms with Gasteiger partial charge in [0.25, 0.3) is 0 Å². The van der Waals surface area contributed by atoms with Gasteiger partial charge in [-0.15, -0.1) is 0 Å². The Morgan fingerprint density at radius 2 is 1.90 bits per heavy atom. The van der Waals surface area contributed by atoms with Gasteiger partial charge in [0.15, 0.2) is 5.82 Å². The second-order valence-electron chi connectivity index (χ2n) is 8.25. The molecule has 0 N–H and O–H groups in total. The molecule has 156 valence electrons. The third kappa shape index (κ3) is 3.59. The summed E-state index contributed by atoms with van der Waals surface area (Å²) in [5, 5.41) is 0.710. The molecule has 2 aromatic rings. The number of hydrogen-bond donors (Lipinski definition) is 0. The third-order valence-electron chi connectivity index (χ3n) is 6.52. The zero-order valence-corrected chi connectivity index (χ0v) is 18.1. The second-order valence-corrected chi connectivity index (χ2v) is 9.10. The predicted octanol–water partition coefficient (Wildman–Crippen LogP) is 3.77. The molecule has 0 amide bonds. The zero-order valence-electron chi connectivity index (χ0n) is 16.5. The normalized spacial score (nSPS) is 22.1. The molecule has 0 unspecified atom stereocenters. The van der Waals surface area contributed by atoms with Crippen LogP contribution in [0.25, 0.3) is 10.9 Å². The molecule has 0 saturated carbocycles. The quantitative estimate of drug-likeness (QED) is 0.686. The van der Waals surface area contributed by atoms with E-state index in [9.17, 15) is 4.39 Å². The average molecular weight is 465 g/mol. The lowest BCUT2D eigenvalue weighted by molar-refractivity contribution is 0.108. The van der Waals surface area contributed by atoms with E-state index in [-0.39, 0.29) is 17.4 Å². The summed E-state index contributed by atoms with van der Waals surface area (Å²) in [5.41, 5.74) is 0.404. The van der Waals surface area contributed by atoms with Crippen LogP contribution in [0.4, 0.5) is 10.2 Å². The lowest BCUT2D eigenvalue weighted by Gasteiger charge is -2.31. The van der Waals surface area contributed by atoms with Gasteiger partial charge in [-0.2, -0.15) is 9.97 Å². The van der Waals surface area contributed by atoms with E-state index in [1.54, 1.807) is 6.07 Å². The molecule has 3 fully saturated rings. The van der Waals surface area contributed by atoms with Crippen molar-refractivity contribution in [2.75, 3.05) is 50.9 Å². The molecule has 1 aromatic heterocycles. The Morgan fingerprint density at radius 1 is 1.07 bits per heavy atom. The maximum Gasteiger partial charge on any atom is 0.319 e. The van der Waals surface area contributed by atoms with E-state index in [1.807, 2.05) is 6.07 Å². The summed E-state index contributed by atoms with van der Waals surface area (Å²) in [6.07, 6.45) is 5.64. The molecule has 8 heteroatoms. The van der Waals surface area contributed by atoms with Crippen molar-refractivity contribution in [2.24, 2.45) is 0 Å². The summed E-state index contributed by atoms with van der Waals surface area (Å²) in [6, 6.07) is 3.86. The monoisotopic (exact) mass is 464 g/mol. The highest BCUT2D eigenvalue weighted by Gasteiger charge is 2.45. The first-order valence-electron chi connectivity index (χ1n) is 10.5. The number of benzene rings is 1. The Hall–Kier alpha value is -1.51. The van der Waals surface area contributed by atoms with Crippen molar-refractivity contribution in [1.82, 2.24) is 14.9 Å². The Morgan fingerprint density at radius 3 is 2.72 bits per heavy atom. The zero-order chi connectivity index (χ0) is 19.8. The molecule has 3 aliphatic heterocycles. The van der Waals surface area contributed by atoms with Crippen LogP contribution in [0, 0.1) is 5.82 Å². The highest BCUT2D eigenvalue weighted by Crippen LogP contribution is 2.39. The van der Waals surface area contributed by atoms with Crippen molar-refractivity contribution in [3.8, 4) is 6.01 Å². The maximum atomic E-state index is 14.9. The molecule has 1 aromatic carbocycles. The fraction of sp³-hybridized carbons (Fsp3) is 0.619. The highest BCUT2D eigenvalue weighted by molar-refractivity contribution is 9.10. The van der Waals surface area contributed by atoms with Gasteiger partial charge in [-0.1, -0.05) is 0 Å². The number of halogens is 2. The first-order valence-corrected chi connectivity index (χ1v) is 11.3. The smallest absolute Gasteiger partial charge is 0.319 e. The Bertz CT molecular complexity index is 894. The summed E-state index contributed by atoms with van der Waals surface area (Å²) >= 11 is 3.29. The number of anilines is 1. The minimum atomic E-state index is -0.372. The molecule has 0 aliphatic carbocycles. The van der Waals surface area contributed by atoms with Crippen LogP contribution in [-0.2, 0) is 4.74 Å². The number of nitrogens with zero attached hydrogens (tertiary/aromatic N) is 4. The van der Waals surface area contributed by atoms with Crippen LogP contribution in [0.1, 0.15) is 32.1 Å². The maximum absolute atomic E-state index is 14.9. The van der Waals surface area contributed by atoms with Gasteiger partial charge in [0.1, 0.15) is 17.9 Å². The van der Waals surface area contributed by atoms with Crippen LogP contribution in [0.5, 0.6) is 6.01 Å². The van der Waals surface area contributed by atoms with E-state index < -0.39 is 0 Å². The molecule has 0 spiro atoms. The third-order valence-corrected chi connectivity index (χ3v) is 7.13. The average Bonchev–Trinajstić information content (AvgIpc) is 3.18. The SMILES string of the molecule is Fc1c(Br)ccc2c(N3CCCOCC3)nc(OCC34CCCN3CCC4)nc12. The van der Waals surface area contributed by atoms with Crippen molar-refractivity contribution in [3.05, 3.63) is 22.4 Å². The van der Waals surface area contributed by atoms with Gasteiger partial charge in [-0.25, -0.2) is 4.39 Å². The molecular weight excluding hydrogens is 439 g/mol. The molecular formula is C21H26BrFN4O2. The van der Waals surface area contributed by atoms with Crippen LogP contribution in [0.15, 0.2) is 16.6 Å². The molecule has 4 heterocycles. The molecule has 0 atom stereocenters. The fourth-order valence-corrected chi connectivity index (χ4v) is 5.34. The van der Waals surface area contributed by atoms with E-state index in [0.717, 1.165) is 57.9 Å². The van der Waals surface area contributed by atoms with Crippen molar-refractivity contribution in [3.63, 3.8) is 0 Å².